The number of halogens is 1. The van der Waals surface area contributed by atoms with Gasteiger partial charge in [-0.25, -0.2) is 4.98 Å². The number of carboxylic acids is 1. The Bertz CT molecular complexity index is 798. The van der Waals surface area contributed by atoms with Crippen LogP contribution in [-0.2, 0) is 11.2 Å². The third-order valence-electron chi connectivity index (χ3n) is 3.50. The van der Waals surface area contributed by atoms with Crippen LogP contribution in [0.15, 0.2) is 59.3 Å². The van der Waals surface area contributed by atoms with Crippen molar-refractivity contribution in [3.63, 3.8) is 0 Å². The van der Waals surface area contributed by atoms with E-state index in [-0.39, 0.29) is 0 Å². The van der Waals surface area contributed by atoms with E-state index in [2.05, 4.69) is 20.9 Å². The van der Waals surface area contributed by atoms with E-state index in [9.17, 15) is 9.90 Å². The highest BCUT2D eigenvalue weighted by atomic mass is 79.9. The largest absolute Gasteiger partial charge is 0.481 e. The molecule has 0 spiro atoms. The molecule has 106 valence electrons. The van der Waals surface area contributed by atoms with Gasteiger partial charge in [-0.3, -0.25) is 4.79 Å². The minimum absolute atomic E-state index is 0.425. The summed E-state index contributed by atoms with van der Waals surface area (Å²) in [5.74, 6) is -1.46. The number of nitrogens with zero attached hydrogens (tertiary/aromatic N) is 2. The summed E-state index contributed by atoms with van der Waals surface area (Å²) in [4.78, 5) is 15.9. The second-order valence-corrected chi connectivity index (χ2v) is 5.65. The predicted octanol–water partition coefficient (Wildman–Crippen LogP) is 3.51. The number of pyridine rings is 1. The summed E-state index contributed by atoms with van der Waals surface area (Å²) in [5, 5.41) is 9.63. The van der Waals surface area contributed by atoms with Crippen molar-refractivity contribution in [2.24, 2.45) is 0 Å². The maximum absolute atomic E-state index is 11.7. The van der Waals surface area contributed by atoms with Gasteiger partial charge in [0.05, 0.1) is 0 Å². The minimum atomic E-state index is -0.841. The Labute approximate surface area is 130 Å². The minimum Gasteiger partial charge on any atom is -0.481 e. The lowest BCUT2D eigenvalue weighted by molar-refractivity contribution is -0.138. The second-order valence-electron chi connectivity index (χ2n) is 4.79. The monoisotopic (exact) mass is 344 g/mol. The lowest BCUT2D eigenvalue weighted by Crippen LogP contribution is -2.17. The van der Waals surface area contributed by atoms with E-state index >= 15 is 0 Å². The topological polar surface area (TPSA) is 54.6 Å². The van der Waals surface area contributed by atoms with Crippen LogP contribution in [0.2, 0.25) is 0 Å². The first-order valence-corrected chi connectivity index (χ1v) is 7.34. The van der Waals surface area contributed by atoms with Crippen molar-refractivity contribution in [2.75, 3.05) is 0 Å². The smallest absolute Gasteiger partial charge is 0.312 e. The average Bonchev–Trinajstić information content (AvgIpc) is 2.94. The zero-order chi connectivity index (χ0) is 14.8. The molecule has 0 saturated heterocycles. The van der Waals surface area contributed by atoms with Crippen molar-refractivity contribution in [3.8, 4) is 0 Å². The zero-order valence-electron chi connectivity index (χ0n) is 11.1. The Kier molecular flexibility index (Phi) is 3.75. The molecule has 0 aliphatic heterocycles. The van der Waals surface area contributed by atoms with Gasteiger partial charge < -0.3 is 9.51 Å². The van der Waals surface area contributed by atoms with Crippen LogP contribution >= 0.6 is 15.9 Å². The van der Waals surface area contributed by atoms with Crippen LogP contribution in [0.25, 0.3) is 5.65 Å². The number of fused-ring (bicyclic) bond motifs is 1. The summed E-state index contributed by atoms with van der Waals surface area (Å²) >= 11 is 3.48. The fourth-order valence-corrected chi connectivity index (χ4v) is 2.90. The van der Waals surface area contributed by atoms with Crippen LogP contribution in [-0.4, -0.2) is 20.5 Å². The molecule has 1 N–H and O–H groups in total. The summed E-state index contributed by atoms with van der Waals surface area (Å²) in [5.41, 5.74) is 2.46. The van der Waals surface area contributed by atoms with E-state index in [0.717, 1.165) is 21.4 Å². The molecule has 21 heavy (non-hydrogen) atoms. The highest BCUT2D eigenvalue weighted by molar-refractivity contribution is 9.10. The molecule has 1 unspecified atom stereocenters. The quantitative estimate of drug-likeness (QED) is 0.787. The van der Waals surface area contributed by atoms with E-state index in [0.29, 0.717) is 6.42 Å². The molecule has 0 fully saturated rings. The van der Waals surface area contributed by atoms with Gasteiger partial charge in [0.1, 0.15) is 11.6 Å². The van der Waals surface area contributed by atoms with Crippen molar-refractivity contribution in [2.45, 2.75) is 12.3 Å². The van der Waals surface area contributed by atoms with Crippen LogP contribution in [0.1, 0.15) is 17.2 Å². The third kappa shape index (κ3) is 2.69. The Balaban J connectivity index is 2.05. The van der Waals surface area contributed by atoms with Crippen molar-refractivity contribution in [1.29, 1.82) is 0 Å². The molecule has 5 heteroatoms. The van der Waals surface area contributed by atoms with Gasteiger partial charge in [-0.2, -0.15) is 0 Å². The summed E-state index contributed by atoms with van der Waals surface area (Å²) in [6, 6.07) is 13.2. The molecule has 3 rings (SSSR count). The van der Waals surface area contributed by atoms with Crippen LogP contribution in [0, 0.1) is 0 Å². The first kappa shape index (κ1) is 13.8. The molecule has 4 nitrogen and oxygen atoms in total. The van der Waals surface area contributed by atoms with Crippen molar-refractivity contribution in [1.82, 2.24) is 9.38 Å². The fraction of sp³-hybridized carbons (Fsp3) is 0.125. The summed E-state index contributed by atoms with van der Waals surface area (Å²) in [7, 11) is 0. The van der Waals surface area contributed by atoms with Gasteiger partial charge >= 0.3 is 5.97 Å². The van der Waals surface area contributed by atoms with Gasteiger partial charge in [-0.05, 0) is 30.2 Å². The highest BCUT2D eigenvalue weighted by Crippen LogP contribution is 2.26. The Morgan fingerprint density at radius 3 is 2.81 bits per heavy atom. The molecule has 0 bridgehead atoms. The number of carboxylic acid groups (broad SMARTS) is 1. The molecular formula is C16H13BrN2O2. The van der Waals surface area contributed by atoms with Crippen LogP contribution < -0.4 is 0 Å². The van der Waals surface area contributed by atoms with Gasteiger partial charge in [0.15, 0.2) is 0 Å². The van der Waals surface area contributed by atoms with Gasteiger partial charge in [-0.1, -0.05) is 40.2 Å². The van der Waals surface area contributed by atoms with Crippen molar-refractivity contribution < 1.29 is 9.90 Å². The number of benzene rings is 1. The summed E-state index contributed by atoms with van der Waals surface area (Å²) in [6.45, 7) is 0. The number of aromatic nitrogens is 2. The number of imidazole rings is 1. The molecule has 0 aliphatic rings. The highest BCUT2D eigenvalue weighted by Gasteiger charge is 2.23. The number of carbonyl (C=O) groups is 1. The van der Waals surface area contributed by atoms with Crippen LogP contribution in [0.5, 0.6) is 0 Å². The number of rotatable bonds is 4. The fourth-order valence-electron chi connectivity index (χ4n) is 2.46. The molecule has 2 heterocycles. The maximum Gasteiger partial charge on any atom is 0.312 e. The van der Waals surface area contributed by atoms with Gasteiger partial charge in [0.25, 0.3) is 0 Å². The molecule has 1 atom stereocenters. The molecule has 0 radical (unpaired) electrons. The van der Waals surface area contributed by atoms with Gasteiger partial charge in [0.2, 0.25) is 0 Å². The molecule has 0 amide bonds. The Morgan fingerprint density at radius 2 is 2.05 bits per heavy atom. The molecule has 2 aromatic heterocycles. The Hall–Kier alpha value is -2.14. The van der Waals surface area contributed by atoms with E-state index in [1.807, 2.05) is 46.9 Å². The number of hydrogen-bond donors (Lipinski definition) is 1. The van der Waals surface area contributed by atoms with Crippen LogP contribution in [0.3, 0.4) is 0 Å². The first-order chi connectivity index (χ1) is 10.2. The van der Waals surface area contributed by atoms with Gasteiger partial charge in [0, 0.05) is 22.6 Å². The average molecular weight is 345 g/mol. The number of aliphatic carboxylic acids is 1. The third-order valence-corrected chi connectivity index (χ3v) is 4.27. The van der Waals surface area contributed by atoms with Crippen LogP contribution in [0.4, 0.5) is 0 Å². The van der Waals surface area contributed by atoms with Gasteiger partial charge in [-0.15, -0.1) is 0 Å². The van der Waals surface area contributed by atoms with E-state index in [4.69, 9.17) is 0 Å². The van der Waals surface area contributed by atoms with E-state index < -0.39 is 11.9 Å². The molecule has 1 aromatic carbocycles. The lowest BCUT2D eigenvalue weighted by atomic mass is 9.95. The lowest BCUT2D eigenvalue weighted by Gasteiger charge is -2.15. The van der Waals surface area contributed by atoms with Crippen molar-refractivity contribution in [3.05, 3.63) is 70.6 Å². The molecule has 0 saturated carbocycles. The summed E-state index contributed by atoms with van der Waals surface area (Å²) < 4.78 is 2.75. The van der Waals surface area contributed by atoms with E-state index in [1.165, 1.54) is 0 Å². The maximum atomic E-state index is 11.7. The Morgan fingerprint density at radius 1 is 1.24 bits per heavy atom. The summed E-state index contributed by atoms with van der Waals surface area (Å²) in [6.07, 6.45) is 3.89. The normalized spacial score (nSPS) is 12.4. The SMILES string of the molecule is O=C(O)C(Cc1ccccc1Br)c1cccc2nccn12. The molecule has 3 aromatic rings. The standard InChI is InChI=1S/C16H13BrN2O2/c17-13-5-2-1-4-11(13)10-12(16(20)21)14-6-3-7-15-18-8-9-19(14)15/h1-9,12H,10H2,(H,20,21). The molecule has 0 aliphatic carbocycles. The number of hydrogen-bond acceptors (Lipinski definition) is 2. The first-order valence-electron chi connectivity index (χ1n) is 6.55. The predicted molar refractivity (Wildman–Crippen MR) is 83.4 cm³/mol. The molecular weight excluding hydrogens is 332 g/mol. The zero-order valence-corrected chi connectivity index (χ0v) is 12.7. The second kappa shape index (κ2) is 5.69. The van der Waals surface area contributed by atoms with Crippen molar-refractivity contribution >= 4 is 27.5 Å². The van der Waals surface area contributed by atoms with E-state index in [1.54, 1.807) is 12.4 Å².